The number of ether oxygens (including phenoxy) is 2. The monoisotopic (exact) mass is 294 g/mol. The van der Waals surface area contributed by atoms with Crippen molar-refractivity contribution in [2.24, 2.45) is 5.73 Å². The summed E-state index contributed by atoms with van der Waals surface area (Å²) in [6.07, 6.45) is 0.852. The van der Waals surface area contributed by atoms with Gasteiger partial charge < -0.3 is 15.2 Å². The molecule has 1 aliphatic rings. The van der Waals surface area contributed by atoms with Crippen molar-refractivity contribution >= 4 is 11.6 Å². The van der Waals surface area contributed by atoms with Gasteiger partial charge in [0.15, 0.2) is 11.5 Å². The third kappa shape index (κ3) is 3.57. The molecule has 0 aliphatic carbocycles. The van der Waals surface area contributed by atoms with Crippen LogP contribution >= 0.6 is 11.6 Å². The SMILES string of the molecule is CC#CCNC(CN)c1cc(Cl)c2c(c1)OCCCO2. The molecule has 1 atom stereocenters. The van der Waals surface area contributed by atoms with Gasteiger partial charge in [-0.3, -0.25) is 5.32 Å². The van der Waals surface area contributed by atoms with E-state index in [2.05, 4.69) is 17.2 Å². The van der Waals surface area contributed by atoms with Crippen molar-refractivity contribution in [2.45, 2.75) is 19.4 Å². The summed E-state index contributed by atoms with van der Waals surface area (Å²) in [6.45, 7) is 4.11. The van der Waals surface area contributed by atoms with Gasteiger partial charge in [0.25, 0.3) is 0 Å². The van der Waals surface area contributed by atoms with E-state index in [0.29, 0.717) is 42.8 Å². The van der Waals surface area contributed by atoms with E-state index in [1.165, 1.54) is 0 Å². The molecular formula is C15H19ClN2O2. The number of rotatable bonds is 4. The summed E-state index contributed by atoms with van der Waals surface area (Å²) in [7, 11) is 0. The molecule has 0 fully saturated rings. The number of nitrogens with one attached hydrogen (secondary N) is 1. The van der Waals surface area contributed by atoms with Crippen molar-refractivity contribution in [1.82, 2.24) is 5.32 Å². The standard InChI is InChI=1S/C15H19ClN2O2/c1-2-3-5-18-13(10-17)11-8-12(16)15-14(9-11)19-6-4-7-20-15/h8-9,13,18H,4-7,10,17H2,1H3. The van der Waals surface area contributed by atoms with Crippen LogP contribution in [0.2, 0.25) is 5.02 Å². The van der Waals surface area contributed by atoms with E-state index in [9.17, 15) is 0 Å². The predicted octanol–water partition coefficient (Wildman–Crippen LogP) is 2.11. The highest BCUT2D eigenvalue weighted by Gasteiger charge is 2.18. The summed E-state index contributed by atoms with van der Waals surface area (Å²) in [5, 5.41) is 3.84. The molecule has 20 heavy (non-hydrogen) atoms. The molecule has 0 amide bonds. The van der Waals surface area contributed by atoms with Gasteiger partial charge in [-0.25, -0.2) is 0 Å². The molecule has 0 spiro atoms. The fraction of sp³-hybridized carbons (Fsp3) is 0.467. The number of fused-ring (bicyclic) bond motifs is 1. The molecule has 108 valence electrons. The van der Waals surface area contributed by atoms with Crippen LogP contribution in [0.1, 0.15) is 24.9 Å². The van der Waals surface area contributed by atoms with Gasteiger partial charge in [0, 0.05) is 19.0 Å². The highest BCUT2D eigenvalue weighted by Crippen LogP contribution is 2.39. The van der Waals surface area contributed by atoms with Crippen molar-refractivity contribution in [3.63, 3.8) is 0 Å². The fourth-order valence-corrected chi connectivity index (χ4v) is 2.33. The van der Waals surface area contributed by atoms with Gasteiger partial charge in [0.1, 0.15) is 0 Å². The Labute approximate surface area is 124 Å². The van der Waals surface area contributed by atoms with Crippen LogP contribution in [-0.2, 0) is 0 Å². The Hall–Kier alpha value is -1.41. The summed E-state index contributed by atoms with van der Waals surface area (Å²) >= 11 is 6.28. The van der Waals surface area contributed by atoms with E-state index in [4.69, 9.17) is 26.8 Å². The molecule has 0 saturated carbocycles. The van der Waals surface area contributed by atoms with Gasteiger partial charge in [0.2, 0.25) is 0 Å². The van der Waals surface area contributed by atoms with Gasteiger partial charge >= 0.3 is 0 Å². The van der Waals surface area contributed by atoms with Crippen molar-refractivity contribution in [1.29, 1.82) is 0 Å². The van der Waals surface area contributed by atoms with Gasteiger partial charge in [-0.05, 0) is 24.6 Å². The van der Waals surface area contributed by atoms with Crippen LogP contribution in [-0.4, -0.2) is 26.3 Å². The first-order chi connectivity index (χ1) is 9.76. The van der Waals surface area contributed by atoms with Crippen molar-refractivity contribution in [2.75, 3.05) is 26.3 Å². The number of halogens is 1. The lowest BCUT2D eigenvalue weighted by molar-refractivity contribution is 0.297. The van der Waals surface area contributed by atoms with E-state index in [1.54, 1.807) is 0 Å². The van der Waals surface area contributed by atoms with Crippen LogP contribution in [0, 0.1) is 11.8 Å². The van der Waals surface area contributed by atoms with Crippen LogP contribution in [0.4, 0.5) is 0 Å². The molecule has 3 N–H and O–H groups in total. The molecule has 1 aliphatic heterocycles. The average molecular weight is 295 g/mol. The molecule has 2 rings (SSSR count). The first-order valence-electron chi connectivity index (χ1n) is 6.68. The normalized spacial score (nSPS) is 14.9. The number of hydrogen-bond donors (Lipinski definition) is 2. The molecule has 1 unspecified atom stereocenters. The van der Waals surface area contributed by atoms with Crippen LogP contribution in [0.25, 0.3) is 0 Å². The van der Waals surface area contributed by atoms with E-state index < -0.39 is 0 Å². The third-order valence-electron chi connectivity index (χ3n) is 3.08. The van der Waals surface area contributed by atoms with Crippen molar-refractivity contribution in [3.8, 4) is 23.3 Å². The highest BCUT2D eigenvalue weighted by atomic mass is 35.5. The molecule has 4 nitrogen and oxygen atoms in total. The van der Waals surface area contributed by atoms with E-state index in [1.807, 2.05) is 19.1 Å². The summed E-state index contributed by atoms with van der Waals surface area (Å²) in [6, 6.07) is 3.81. The summed E-state index contributed by atoms with van der Waals surface area (Å²) in [4.78, 5) is 0. The number of hydrogen-bond acceptors (Lipinski definition) is 4. The minimum atomic E-state index is -0.00879. The second kappa shape index (κ2) is 7.39. The van der Waals surface area contributed by atoms with E-state index >= 15 is 0 Å². The minimum Gasteiger partial charge on any atom is -0.489 e. The molecule has 1 heterocycles. The second-order valence-electron chi connectivity index (χ2n) is 4.48. The Bertz CT molecular complexity index is 523. The lowest BCUT2D eigenvalue weighted by atomic mass is 10.1. The lowest BCUT2D eigenvalue weighted by Gasteiger charge is -2.18. The Kier molecular flexibility index (Phi) is 5.54. The van der Waals surface area contributed by atoms with Crippen molar-refractivity contribution in [3.05, 3.63) is 22.7 Å². The maximum absolute atomic E-state index is 6.28. The highest BCUT2D eigenvalue weighted by molar-refractivity contribution is 6.32. The van der Waals surface area contributed by atoms with Crippen LogP contribution in [0.15, 0.2) is 12.1 Å². The lowest BCUT2D eigenvalue weighted by Crippen LogP contribution is -2.28. The van der Waals surface area contributed by atoms with Crippen LogP contribution < -0.4 is 20.5 Å². The topological polar surface area (TPSA) is 56.5 Å². The van der Waals surface area contributed by atoms with Gasteiger partial charge in [-0.2, -0.15) is 0 Å². The van der Waals surface area contributed by atoms with E-state index in [0.717, 1.165) is 12.0 Å². The number of nitrogens with two attached hydrogens (primary N) is 1. The zero-order valence-electron chi connectivity index (χ0n) is 11.5. The first-order valence-corrected chi connectivity index (χ1v) is 7.06. The Morgan fingerprint density at radius 1 is 1.40 bits per heavy atom. The summed E-state index contributed by atoms with van der Waals surface area (Å²) < 4.78 is 11.3. The minimum absolute atomic E-state index is 0.00879. The maximum Gasteiger partial charge on any atom is 0.179 e. The maximum atomic E-state index is 6.28. The van der Waals surface area contributed by atoms with Gasteiger partial charge in [0.05, 0.1) is 24.8 Å². The molecule has 1 aromatic carbocycles. The predicted molar refractivity (Wildman–Crippen MR) is 80.3 cm³/mol. The summed E-state index contributed by atoms with van der Waals surface area (Å²) in [5.74, 6) is 7.12. The zero-order valence-corrected chi connectivity index (χ0v) is 12.3. The molecule has 0 aromatic heterocycles. The second-order valence-corrected chi connectivity index (χ2v) is 4.88. The van der Waals surface area contributed by atoms with E-state index in [-0.39, 0.29) is 6.04 Å². The molecule has 1 aromatic rings. The molecule has 5 heteroatoms. The molecule has 0 saturated heterocycles. The third-order valence-corrected chi connectivity index (χ3v) is 3.36. The van der Waals surface area contributed by atoms with Crippen LogP contribution in [0.5, 0.6) is 11.5 Å². The first kappa shape index (κ1) is 15.0. The zero-order chi connectivity index (χ0) is 14.4. The van der Waals surface area contributed by atoms with Gasteiger partial charge in [-0.1, -0.05) is 17.5 Å². The van der Waals surface area contributed by atoms with Crippen molar-refractivity contribution < 1.29 is 9.47 Å². The molecular weight excluding hydrogens is 276 g/mol. The van der Waals surface area contributed by atoms with Gasteiger partial charge in [-0.15, -0.1) is 5.92 Å². The molecule has 0 radical (unpaired) electrons. The average Bonchev–Trinajstić information content (AvgIpc) is 2.69. The fourth-order valence-electron chi connectivity index (χ4n) is 2.05. The summed E-state index contributed by atoms with van der Waals surface area (Å²) in [5.41, 5.74) is 6.80. The Morgan fingerprint density at radius 2 is 2.20 bits per heavy atom. The van der Waals surface area contributed by atoms with Crippen LogP contribution in [0.3, 0.4) is 0 Å². The largest absolute Gasteiger partial charge is 0.489 e. The smallest absolute Gasteiger partial charge is 0.179 e. The molecule has 0 bridgehead atoms. The Morgan fingerprint density at radius 3 is 2.95 bits per heavy atom. The quantitative estimate of drug-likeness (QED) is 0.835. The Balaban J connectivity index is 2.24. The number of benzene rings is 1.